The minimum Gasteiger partial charge on any atom is -0.451 e. The van der Waals surface area contributed by atoms with E-state index in [9.17, 15) is 24.0 Å². The number of H-pyrrole nitrogens is 1. The van der Waals surface area contributed by atoms with E-state index in [1.165, 1.54) is 19.1 Å². The van der Waals surface area contributed by atoms with Crippen LogP contribution in [0.5, 0.6) is 0 Å². The third-order valence-corrected chi connectivity index (χ3v) is 3.50. The van der Waals surface area contributed by atoms with Crippen LogP contribution >= 0.6 is 0 Å². The number of aromatic nitrogens is 2. The Hall–Kier alpha value is -3.43. The van der Waals surface area contributed by atoms with Crippen LogP contribution in [0, 0.1) is 0 Å². The number of hydrogen-bond acceptors (Lipinski definition) is 6. The number of ether oxygens (including phenoxy) is 1. The Bertz CT molecular complexity index is 991. The third kappa shape index (κ3) is 5.03. The Morgan fingerprint density at radius 3 is 2.37 bits per heavy atom. The number of nitrogens with zero attached hydrogens (tertiary/aromatic N) is 1. The van der Waals surface area contributed by atoms with Crippen LogP contribution in [-0.4, -0.2) is 39.8 Å². The van der Waals surface area contributed by atoms with Crippen molar-refractivity contribution in [2.24, 2.45) is 0 Å². The summed E-state index contributed by atoms with van der Waals surface area (Å²) in [4.78, 5) is 59.7. The van der Waals surface area contributed by atoms with E-state index in [2.05, 4.69) is 10.4 Å². The number of rotatable bonds is 5. The summed E-state index contributed by atoms with van der Waals surface area (Å²) in [6.45, 7) is 4.13. The molecule has 1 heterocycles. The molecule has 10 nitrogen and oxygen atoms in total. The van der Waals surface area contributed by atoms with Crippen LogP contribution in [0.4, 0.5) is 4.79 Å². The van der Waals surface area contributed by atoms with Gasteiger partial charge in [-0.2, -0.15) is 0 Å². The molecule has 0 spiro atoms. The normalized spacial score (nSPS) is 11.9. The lowest BCUT2D eigenvalue weighted by atomic mass is 10.2. The van der Waals surface area contributed by atoms with Gasteiger partial charge in [-0.05, 0) is 32.9 Å². The molecule has 0 radical (unpaired) electrons. The van der Waals surface area contributed by atoms with Crippen LogP contribution in [-0.2, 0) is 20.9 Å². The number of fused-ring (bicyclic) bond motifs is 1. The highest BCUT2D eigenvalue weighted by Gasteiger charge is 2.21. The second-order valence-electron chi connectivity index (χ2n) is 6.13. The number of hydrogen-bond donors (Lipinski definition) is 3. The van der Waals surface area contributed by atoms with E-state index in [-0.39, 0.29) is 16.8 Å². The topological polar surface area (TPSA) is 139 Å². The molecule has 3 N–H and O–H groups in total. The largest absolute Gasteiger partial charge is 0.451 e. The second-order valence-corrected chi connectivity index (χ2v) is 6.13. The quantitative estimate of drug-likeness (QED) is 0.621. The zero-order valence-electron chi connectivity index (χ0n) is 15.1. The Labute approximate surface area is 153 Å². The number of imide groups is 1. The molecular weight excluding hydrogens is 356 g/mol. The molecular formula is C17H20N4O6. The van der Waals surface area contributed by atoms with Crippen molar-refractivity contribution in [2.75, 3.05) is 0 Å². The molecule has 0 saturated carbocycles. The molecule has 0 fully saturated rings. The molecule has 27 heavy (non-hydrogen) atoms. The average molecular weight is 376 g/mol. The van der Waals surface area contributed by atoms with E-state index in [0.29, 0.717) is 0 Å². The van der Waals surface area contributed by atoms with Gasteiger partial charge in [-0.3, -0.25) is 29.6 Å². The van der Waals surface area contributed by atoms with Crippen LogP contribution in [0.3, 0.4) is 0 Å². The van der Waals surface area contributed by atoms with Crippen molar-refractivity contribution in [3.63, 3.8) is 0 Å². The Kier molecular flexibility index (Phi) is 6.11. The number of aromatic amines is 1. The van der Waals surface area contributed by atoms with Crippen LogP contribution in [0.2, 0.25) is 0 Å². The molecule has 1 aromatic carbocycles. The van der Waals surface area contributed by atoms with E-state index in [1.807, 2.05) is 5.32 Å². The van der Waals surface area contributed by atoms with Crippen LogP contribution in [0.15, 0.2) is 33.9 Å². The van der Waals surface area contributed by atoms with Crippen LogP contribution in [0.25, 0.3) is 10.8 Å². The van der Waals surface area contributed by atoms with Gasteiger partial charge in [-0.25, -0.2) is 9.48 Å². The standard InChI is InChI=1S/C17H20N4O6/c1-9(2)18-17(26)19-14(23)10(3)27-13(22)8-21-16(25)12-7-5-4-6-11(12)15(24)20-21/h4-7,9-10H,8H2,1-3H3,(H,20,24)(H2,18,19,23,26). The van der Waals surface area contributed by atoms with Gasteiger partial charge in [0.15, 0.2) is 6.10 Å². The molecule has 2 aromatic rings. The minimum atomic E-state index is -1.27. The molecule has 2 rings (SSSR count). The second kappa shape index (κ2) is 8.30. The Morgan fingerprint density at radius 1 is 1.11 bits per heavy atom. The zero-order chi connectivity index (χ0) is 20.1. The van der Waals surface area contributed by atoms with Crippen molar-refractivity contribution in [3.8, 4) is 0 Å². The van der Waals surface area contributed by atoms with Crippen molar-refractivity contribution in [1.82, 2.24) is 20.4 Å². The summed E-state index contributed by atoms with van der Waals surface area (Å²) >= 11 is 0. The predicted octanol–water partition coefficient (Wildman–Crippen LogP) is -0.144. The highest BCUT2D eigenvalue weighted by atomic mass is 16.5. The summed E-state index contributed by atoms with van der Waals surface area (Å²) in [6, 6.07) is 5.29. The van der Waals surface area contributed by atoms with E-state index in [4.69, 9.17) is 4.74 Å². The molecule has 3 amide bonds. The lowest BCUT2D eigenvalue weighted by Crippen LogP contribution is -2.47. The maximum atomic E-state index is 12.3. The van der Waals surface area contributed by atoms with Gasteiger partial charge in [0.2, 0.25) is 0 Å². The molecule has 1 atom stereocenters. The summed E-state index contributed by atoms with van der Waals surface area (Å²) in [7, 11) is 0. The monoisotopic (exact) mass is 376 g/mol. The van der Waals surface area contributed by atoms with Crippen LogP contribution in [0.1, 0.15) is 20.8 Å². The SMILES string of the molecule is CC(C)NC(=O)NC(=O)C(C)OC(=O)Cn1[nH]c(=O)c2ccccc2c1=O. The number of nitrogens with one attached hydrogen (secondary N) is 3. The van der Waals surface area contributed by atoms with Gasteiger partial charge in [0.1, 0.15) is 6.54 Å². The molecule has 0 saturated heterocycles. The summed E-state index contributed by atoms with van der Waals surface area (Å²) in [5, 5.41) is 7.14. The minimum absolute atomic E-state index is 0.158. The number of esters is 1. The smallest absolute Gasteiger partial charge is 0.328 e. The number of carbonyl (C=O) groups excluding carboxylic acids is 3. The van der Waals surface area contributed by atoms with Crippen molar-refractivity contribution >= 4 is 28.7 Å². The Morgan fingerprint density at radius 2 is 1.74 bits per heavy atom. The van der Waals surface area contributed by atoms with E-state index >= 15 is 0 Å². The number of urea groups is 1. The van der Waals surface area contributed by atoms with Gasteiger partial charge in [0.25, 0.3) is 17.0 Å². The molecule has 0 aliphatic rings. The van der Waals surface area contributed by atoms with Crippen LogP contribution < -0.4 is 21.8 Å². The first kappa shape index (κ1) is 19.9. The van der Waals surface area contributed by atoms with Gasteiger partial charge in [-0.15, -0.1) is 0 Å². The van der Waals surface area contributed by atoms with Gasteiger partial charge in [0, 0.05) is 6.04 Å². The van der Waals surface area contributed by atoms with E-state index < -0.39 is 41.7 Å². The molecule has 1 unspecified atom stereocenters. The Balaban J connectivity index is 2.05. The molecule has 0 aliphatic carbocycles. The number of amides is 3. The van der Waals surface area contributed by atoms with E-state index in [0.717, 1.165) is 4.68 Å². The van der Waals surface area contributed by atoms with Gasteiger partial charge >= 0.3 is 12.0 Å². The van der Waals surface area contributed by atoms with E-state index in [1.54, 1.807) is 26.0 Å². The fourth-order valence-corrected chi connectivity index (χ4v) is 2.29. The summed E-state index contributed by atoms with van der Waals surface area (Å²) in [5.74, 6) is -1.74. The lowest BCUT2D eigenvalue weighted by Gasteiger charge is -2.14. The zero-order valence-corrected chi connectivity index (χ0v) is 15.1. The molecule has 0 bridgehead atoms. The molecule has 10 heteroatoms. The average Bonchev–Trinajstić information content (AvgIpc) is 2.58. The summed E-state index contributed by atoms with van der Waals surface area (Å²) in [5.41, 5.74) is -1.11. The summed E-state index contributed by atoms with van der Waals surface area (Å²) < 4.78 is 5.72. The maximum Gasteiger partial charge on any atom is 0.328 e. The maximum absolute atomic E-state index is 12.3. The fraction of sp³-hybridized carbons (Fsp3) is 0.353. The van der Waals surface area contributed by atoms with Crippen molar-refractivity contribution in [3.05, 3.63) is 45.0 Å². The predicted molar refractivity (Wildman–Crippen MR) is 96.2 cm³/mol. The van der Waals surface area contributed by atoms with Crippen molar-refractivity contribution < 1.29 is 19.1 Å². The molecule has 0 aliphatic heterocycles. The number of benzene rings is 1. The molecule has 1 aromatic heterocycles. The van der Waals surface area contributed by atoms with Gasteiger partial charge in [-0.1, -0.05) is 12.1 Å². The first-order valence-corrected chi connectivity index (χ1v) is 8.21. The summed E-state index contributed by atoms with van der Waals surface area (Å²) in [6.07, 6.45) is -1.27. The van der Waals surface area contributed by atoms with Crippen molar-refractivity contribution in [2.45, 2.75) is 39.5 Å². The fourth-order valence-electron chi connectivity index (χ4n) is 2.29. The van der Waals surface area contributed by atoms with Crippen molar-refractivity contribution in [1.29, 1.82) is 0 Å². The number of carbonyl (C=O) groups is 3. The first-order chi connectivity index (χ1) is 12.7. The first-order valence-electron chi connectivity index (χ1n) is 8.21. The van der Waals surface area contributed by atoms with Gasteiger partial charge < -0.3 is 10.1 Å². The highest BCUT2D eigenvalue weighted by molar-refractivity contribution is 5.97. The third-order valence-electron chi connectivity index (χ3n) is 3.50. The highest BCUT2D eigenvalue weighted by Crippen LogP contribution is 2.02. The lowest BCUT2D eigenvalue weighted by molar-refractivity contribution is -0.155. The van der Waals surface area contributed by atoms with Gasteiger partial charge in [0.05, 0.1) is 10.8 Å². The molecule has 144 valence electrons.